The van der Waals surface area contributed by atoms with Crippen LogP contribution in [-0.4, -0.2) is 25.3 Å². The zero-order chi connectivity index (χ0) is 18.6. The van der Waals surface area contributed by atoms with Gasteiger partial charge in [-0.2, -0.15) is 5.26 Å². The number of amides is 1. The molecule has 1 amide bonds. The molecule has 27 heavy (non-hydrogen) atoms. The van der Waals surface area contributed by atoms with E-state index in [1.807, 2.05) is 37.3 Å². The van der Waals surface area contributed by atoms with Crippen LogP contribution in [0.5, 0.6) is 17.2 Å². The van der Waals surface area contributed by atoms with Gasteiger partial charge in [0, 0.05) is 17.3 Å². The molecule has 0 aliphatic carbocycles. The van der Waals surface area contributed by atoms with Crippen molar-refractivity contribution in [3.8, 4) is 23.3 Å². The van der Waals surface area contributed by atoms with Crippen molar-refractivity contribution in [2.45, 2.75) is 31.2 Å². The van der Waals surface area contributed by atoms with E-state index >= 15 is 0 Å². The Hall–Kier alpha value is -3.20. The minimum atomic E-state index is -0.949. The average molecular weight is 362 g/mol. The number of anilines is 1. The van der Waals surface area contributed by atoms with E-state index in [4.69, 9.17) is 14.2 Å². The quantitative estimate of drug-likeness (QED) is 0.839. The van der Waals surface area contributed by atoms with Gasteiger partial charge in [-0.25, -0.2) is 0 Å². The lowest BCUT2D eigenvalue weighted by atomic mass is 9.77. The summed E-state index contributed by atoms with van der Waals surface area (Å²) >= 11 is 0. The third-order valence-electron chi connectivity index (χ3n) is 5.61. The van der Waals surface area contributed by atoms with Gasteiger partial charge in [-0.1, -0.05) is 31.5 Å². The number of rotatable bonds is 3. The monoisotopic (exact) mass is 362 g/mol. The third kappa shape index (κ3) is 1.97. The van der Waals surface area contributed by atoms with Crippen molar-refractivity contribution in [3.05, 3.63) is 47.5 Å². The molecule has 6 nitrogen and oxygen atoms in total. The van der Waals surface area contributed by atoms with E-state index in [9.17, 15) is 10.1 Å². The Kier molecular flexibility index (Phi) is 3.35. The van der Waals surface area contributed by atoms with Gasteiger partial charge >= 0.3 is 0 Å². The van der Waals surface area contributed by atoms with Gasteiger partial charge in [0.1, 0.15) is 23.8 Å². The molecule has 0 radical (unpaired) electrons. The molecule has 0 saturated heterocycles. The highest BCUT2D eigenvalue weighted by molar-refractivity contribution is 6.12. The molecule has 2 atom stereocenters. The fourth-order valence-electron chi connectivity index (χ4n) is 4.35. The van der Waals surface area contributed by atoms with Crippen LogP contribution < -0.4 is 19.1 Å². The van der Waals surface area contributed by atoms with Gasteiger partial charge in [0.05, 0.1) is 6.07 Å². The Morgan fingerprint density at radius 2 is 1.93 bits per heavy atom. The predicted molar refractivity (Wildman–Crippen MR) is 97.1 cm³/mol. The number of hydrogen-bond donors (Lipinski definition) is 0. The van der Waals surface area contributed by atoms with Crippen LogP contribution in [0.2, 0.25) is 0 Å². The molecule has 0 N–H and O–H groups in total. The summed E-state index contributed by atoms with van der Waals surface area (Å²) in [5, 5.41) is 9.70. The molecule has 0 aromatic heterocycles. The van der Waals surface area contributed by atoms with E-state index in [-0.39, 0.29) is 19.3 Å². The first-order chi connectivity index (χ1) is 13.2. The number of fused-ring (bicyclic) bond motifs is 5. The highest BCUT2D eigenvalue weighted by Crippen LogP contribution is 2.55. The number of carbonyl (C=O) groups excluding carboxylic acids is 1. The van der Waals surface area contributed by atoms with E-state index in [1.165, 1.54) is 0 Å². The summed E-state index contributed by atoms with van der Waals surface area (Å²) in [7, 11) is 0. The summed E-state index contributed by atoms with van der Waals surface area (Å²) in [6, 6.07) is 13.1. The maximum absolute atomic E-state index is 13.7. The SMILES string of the molecule is CCCC(C#N)N1C(=O)C2(COc3cc4c(cc32)OCO4)c2ccccc21. The van der Waals surface area contributed by atoms with Gasteiger partial charge in [0.2, 0.25) is 12.7 Å². The zero-order valence-corrected chi connectivity index (χ0v) is 14.9. The molecule has 0 saturated carbocycles. The second-order valence-electron chi connectivity index (χ2n) is 7.02. The molecule has 5 rings (SSSR count). The first-order valence-corrected chi connectivity index (χ1v) is 9.10. The summed E-state index contributed by atoms with van der Waals surface area (Å²) < 4.78 is 16.9. The molecule has 136 valence electrons. The second-order valence-corrected chi connectivity index (χ2v) is 7.02. The summed E-state index contributed by atoms with van der Waals surface area (Å²) in [5.41, 5.74) is 1.50. The number of nitrogens with zero attached hydrogens (tertiary/aromatic N) is 2. The molecule has 3 aliphatic heterocycles. The van der Waals surface area contributed by atoms with E-state index in [0.29, 0.717) is 23.7 Å². The largest absolute Gasteiger partial charge is 0.491 e. The zero-order valence-electron chi connectivity index (χ0n) is 14.9. The summed E-state index contributed by atoms with van der Waals surface area (Å²) in [6.07, 6.45) is 1.45. The van der Waals surface area contributed by atoms with Crippen LogP contribution in [0.1, 0.15) is 30.9 Å². The van der Waals surface area contributed by atoms with Gasteiger partial charge in [-0.15, -0.1) is 0 Å². The molecule has 0 bridgehead atoms. The molecule has 3 heterocycles. The molecule has 3 aliphatic rings. The van der Waals surface area contributed by atoms with E-state index in [2.05, 4.69) is 6.07 Å². The molecule has 0 fully saturated rings. The fourth-order valence-corrected chi connectivity index (χ4v) is 4.35. The summed E-state index contributed by atoms with van der Waals surface area (Å²) in [4.78, 5) is 15.4. The van der Waals surface area contributed by atoms with Gasteiger partial charge < -0.3 is 14.2 Å². The Morgan fingerprint density at radius 3 is 2.70 bits per heavy atom. The molecule has 1 spiro atoms. The maximum Gasteiger partial charge on any atom is 0.247 e. The van der Waals surface area contributed by atoms with Crippen molar-refractivity contribution in [2.24, 2.45) is 0 Å². The minimum Gasteiger partial charge on any atom is -0.491 e. The molecule has 2 unspecified atom stereocenters. The van der Waals surface area contributed by atoms with Crippen LogP contribution in [0.15, 0.2) is 36.4 Å². The first-order valence-electron chi connectivity index (χ1n) is 9.10. The number of carbonyl (C=O) groups is 1. The topological polar surface area (TPSA) is 71.8 Å². The smallest absolute Gasteiger partial charge is 0.247 e. The Morgan fingerprint density at radius 1 is 1.15 bits per heavy atom. The Balaban J connectivity index is 1.71. The van der Waals surface area contributed by atoms with Gasteiger partial charge in [0.25, 0.3) is 0 Å². The van der Waals surface area contributed by atoms with Crippen LogP contribution >= 0.6 is 0 Å². The summed E-state index contributed by atoms with van der Waals surface area (Å²) in [5.74, 6) is 1.77. The standard InChI is InChI=1S/C21H18N2O4/c1-2-5-13(10-22)23-16-7-4-3-6-14(16)21(20(23)24)11-25-17-9-19-18(8-15(17)21)26-12-27-19/h3-4,6-9,13H,2,5,11-12H2,1H3. The number of nitriles is 1. The Bertz CT molecular complexity index is 996. The highest BCUT2D eigenvalue weighted by atomic mass is 16.7. The molecule has 2 aromatic rings. The van der Waals surface area contributed by atoms with Gasteiger partial charge in [0.15, 0.2) is 11.5 Å². The highest BCUT2D eigenvalue weighted by Gasteiger charge is 2.58. The fraction of sp³-hybridized carbons (Fsp3) is 0.333. The van der Waals surface area contributed by atoms with Crippen molar-refractivity contribution >= 4 is 11.6 Å². The summed E-state index contributed by atoms with van der Waals surface area (Å²) in [6.45, 7) is 2.39. The van der Waals surface area contributed by atoms with Crippen LogP contribution in [-0.2, 0) is 10.2 Å². The number of hydrogen-bond acceptors (Lipinski definition) is 5. The van der Waals surface area contributed by atoms with Crippen LogP contribution in [0.4, 0.5) is 5.69 Å². The van der Waals surface area contributed by atoms with Crippen molar-refractivity contribution in [1.82, 2.24) is 0 Å². The average Bonchev–Trinajstić information content (AvgIpc) is 3.36. The van der Waals surface area contributed by atoms with Crippen molar-refractivity contribution < 1.29 is 19.0 Å². The second kappa shape index (κ2) is 5.65. The maximum atomic E-state index is 13.7. The van der Waals surface area contributed by atoms with E-state index in [0.717, 1.165) is 23.2 Å². The molecule has 2 aromatic carbocycles. The third-order valence-corrected chi connectivity index (χ3v) is 5.61. The number of para-hydroxylation sites is 1. The van der Waals surface area contributed by atoms with Gasteiger partial charge in [-0.05, 0) is 24.1 Å². The van der Waals surface area contributed by atoms with E-state index < -0.39 is 11.5 Å². The van der Waals surface area contributed by atoms with Crippen molar-refractivity contribution in [1.29, 1.82) is 5.26 Å². The molecular formula is C21H18N2O4. The lowest BCUT2D eigenvalue weighted by molar-refractivity contribution is -0.122. The van der Waals surface area contributed by atoms with Crippen LogP contribution in [0.25, 0.3) is 0 Å². The van der Waals surface area contributed by atoms with Crippen LogP contribution in [0, 0.1) is 11.3 Å². The number of benzene rings is 2. The normalized spacial score (nSPS) is 22.4. The first kappa shape index (κ1) is 16.0. The number of ether oxygens (including phenoxy) is 3. The lowest BCUT2D eigenvalue weighted by Crippen LogP contribution is -2.46. The van der Waals surface area contributed by atoms with Gasteiger partial charge in [-0.3, -0.25) is 9.69 Å². The van der Waals surface area contributed by atoms with Crippen molar-refractivity contribution in [3.63, 3.8) is 0 Å². The van der Waals surface area contributed by atoms with E-state index in [1.54, 1.807) is 11.0 Å². The Labute approximate surface area is 156 Å². The minimum absolute atomic E-state index is 0.110. The van der Waals surface area contributed by atoms with Crippen LogP contribution in [0.3, 0.4) is 0 Å². The lowest BCUT2D eigenvalue weighted by Gasteiger charge is -2.26. The van der Waals surface area contributed by atoms with Crippen molar-refractivity contribution in [2.75, 3.05) is 18.3 Å². The molecular weight excluding hydrogens is 344 g/mol. The predicted octanol–water partition coefficient (Wildman–Crippen LogP) is 3.13. The molecule has 6 heteroatoms.